The lowest BCUT2D eigenvalue weighted by molar-refractivity contribution is -0.117. The molecule has 6 heteroatoms. The van der Waals surface area contributed by atoms with Gasteiger partial charge in [0, 0.05) is 11.3 Å². The van der Waals surface area contributed by atoms with Crippen molar-refractivity contribution in [3.8, 4) is 0 Å². The van der Waals surface area contributed by atoms with E-state index in [4.69, 9.17) is 0 Å². The van der Waals surface area contributed by atoms with Crippen LogP contribution in [0.1, 0.15) is 30.7 Å². The molecule has 112 valence electrons. The summed E-state index contributed by atoms with van der Waals surface area (Å²) in [7, 11) is 2.05. The van der Waals surface area contributed by atoms with E-state index in [2.05, 4.69) is 26.7 Å². The van der Waals surface area contributed by atoms with Crippen LogP contribution in [-0.4, -0.2) is 52.1 Å². The standard InChI is InChI=1S/C14H24N4OS/c1-9-14(10(2)17-16-9)15-13(19)8-18(3)11-6-5-7-12(11)20-4/h11-12H,5-8H2,1-4H3,(H,15,19)(H,16,17)/t11-,12+/m1/s1. The molecule has 5 nitrogen and oxygen atoms in total. The number of anilines is 1. The van der Waals surface area contributed by atoms with E-state index in [-0.39, 0.29) is 5.91 Å². The molecule has 1 aliphatic carbocycles. The minimum absolute atomic E-state index is 0.0341. The number of nitrogens with zero attached hydrogens (tertiary/aromatic N) is 2. The molecule has 0 radical (unpaired) electrons. The molecule has 1 amide bonds. The number of hydrogen-bond acceptors (Lipinski definition) is 4. The van der Waals surface area contributed by atoms with Crippen molar-refractivity contribution in [1.82, 2.24) is 15.1 Å². The second-order valence-electron chi connectivity index (χ2n) is 5.54. The second-order valence-corrected chi connectivity index (χ2v) is 6.62. The highest BCUT2D eigenvalue weighted by molar-refractivity contribution is 7.99. The Balaban J connectivity index is 1.91. The highest BCUT2D eigenvalue weighted by atomic mass is 32.2. The summed E-state index contributed by atoms with van der Waals surface area (Å²) in [4.78, 5) is 14.4. The zero-order valence-corrected chi connectivity index (χ0v) is 13.5. The van der Waals surface area contributed by atoms with E-state index in [9.17, 15) is 4.79 Å². The first-order chi connectivity index (χ1) is 9.52. The number of likely N-dealkylation sites (N-methyl/N-ethyl adjacent to an activating group) is 1. The molecule has 1 aliphatic rings. The number of carbonyl (C=O) groups excluding carboxylic acids is 1. The molecule has 0 unspecified atom stereocenters. The summed E-state index contributed by atoms with van der Waals surface area (Å²) in [6.45, 7) is 4.25. The van der Waals surface area contributed by atoms with Crippen LogP contribution >= 0.6 is 11.8 Å². The number of hydrogen-bond donors (Lipinski definition) is 2. The van der Waals surface area contributed by atoms with E-state index < -0.39 is 0 Å². The smallest absolute Gasteiger partial charge is 0.238 e. The van der Waals surface area contributed by atoms with Crippen molar-refractivity contribution in [3.63, 3.8) is 0 Å². The third kappa shape index (κ3) is 3.35. The van der Waals surface area contributed by atoms with Crippen LogP contribution in [-0.2, 0) is 4.79 Å². The monoisotopic (exact) mass is 296 g/mol. The van der Waals surface area contributed by atoms with Gasteiger partial charge in [-0.15, -0.1) is 0 Å². The van der Waals surface area contributed by atoms with Crippen molar-refractivity contribution in [2.75, 3.05) is 25.2 Å². The Kier molecular flexibility index (Phi) is 5.10. The van der Waals surface area contributed by atoms with E-state index >= 15 is 0 Å². The molecule has 2 rings (SSSR count). The van der Waals surface area contributed by atoms with Crippen LogP contribution in [0.15, 0.2) is 0 Å². The van der Waals surface area contributed by atoms with Gasteiger partial charge in [0.05, 0.1) is 23.6 Å². The first kappa shape index (κ1) is 15.4. The predicted molar refractivity (Wildman–Crippen MR) is 84.3 cm³/mol. The van der Waals surface area contributed by atoms with E-state index in [1.807, 2.05) is 32.7 Å². The summed E-state index contributed by atoms with van der Waals surface area (Å²) in [6, 6.07) is 0.516. The van der Waals surface area contributed by atoms with Crippen molar-refractivity contribution in [2.24, 2.45) is 0 Å². The SMILES string of the molecule is CS[C@H]1CCC[C@H]1N(C)CC(=O)Nc1c(C)n[nH]c1C. The molecule has 2 atom stereocenters. The van der Waals surface area contributed by atoms with E-state index in [1.54, 1.807) is 0 Å². The van der Waals surface area contributed by atoms with Gasteiger partial charge in [-0.05, 0) is 40.0 Å². The molecule has 1 heterocycles. The van der Waals surface area contributed by atoms with Gasteiger partial charge in [-0.25, -0.2) is 0 Å². The molecule has 1 saturated carbocycles. The summed E-state index contributed by atoms with van der Waals surface area (Å²) in [6.07, 6.45) is 5.88. The van der Waals surface area contributed by atoms with Gasteiger partial charge in [0.2, 0.25) is 5.91 Å². The normalized spacial score (nSPS) is 22.4. The third-order valence-electron chi connectivity index (χ3n) is 4.07. The summed E-state index contributed by atoms with van der Waals surface area (Å²) in [5, 5.41) is 10.6. The van der Waals surface area contributed by atoms with Crippen LogP contribution in [0.2, 0.25) is 0 Å². The van der Waals surface area contributed by atoms with Crippen LogP contribution in [0.5, 0.6) is 0 Å². The molecular weight excluding hydrogens is 272 g/mol. The number of rotatable bonds is 5. The Hall–Kier alpha value is -1.01. The van der Waals surface area contributed by atoms with Crippen molar-refractivity contribution in [1.29, 1.82) is 0 Å². The van der Waals surface area contributed by atoms with E-state index in [1.165, 1.54) is 19.3 Å². The summed E-state index contributed by atoms with van der Waals surface area (Å²) in [5.41, 5.74) is 2.55. The summed E-state index contributed by atoms with van der Waals surface area (Å²) >= 11 is 1.92. The topological polar surface area (TPSA) is 61.0 Å². The minimum atomic E-state index is 0.0341. The maximum Gasteiger partial charge on any atom is 0.238 e. The van der Waals surface area contributed by atoms with Crippen molar-refractivity contribution in [2.45, 2.75) is 44.4 Å². The molecular formula is C14H24N4OS. The number of aromatic nitrogens is 2. The van der Waals surface area contributed by atoms with Gasteiger partial charge in [-0.2, -0.15) is 16.9 Å². The van der Waals surface area contributed by atoms with Crippen LogP contribution in [0.3, 0.4) is 0 Å². The molecule has 20 heavy (non-hydrogen) atoms. The summed E-state index contributed by atoms with van der Waals surface area (Å²) < 4.78 is 0. The van der Waals surface area contributed by atoms with E-state index in [0.29, 0.717) is 17.8 Å². The third-order valence-corrected chi connectivity index (χ3v) is 5.23. The summed E-state index contributed by atoms with van der Waals surface area (Å²) in [5.74, 6) is 0.0341. The van der Waals surface area contributed by atoms with Gasteiger partial charge in [0.15, 0.2) is 0 Å². The first-order valence-electron chi connectivity index (χ1n) is 7.07. The average Bonchev–Trinajstić information content (AvgIpc) is 3.00. The molecule has 0 aliphatic heterocycles. The largest absolute Gasteiger partial charge is 0.322 e. The number of H-pyrrole nitrogens is 1. The van der Waals surface area contributed by atoms with Crippen molar-refractivity contribution >= 4 is 23.4 Å². The number of amides is 1. The highest BCUT2D eigenvalue weighted by Crippen LogP contribution is 2.31. The van der Waals surface area contributed by atoms with Gasteiger partial charge < -0.3 is 5.32 Å². The van der Waals surface area contributed by atoms with Crippen molar-refractivity contribution in [3.05, 3.63) is 11.4 Å². The molecule has 0 saturated heterocycles. The first-order valence-corrected chi connectivity index (χ1v) is 8.36. The Morgan fingerprint density at radius 2 is 2.25 bits per heavy atom. The molecule has 1 fully saturated rings. The maximum atomic E-state index is 12.2. The van der Waals surface area contributed by atoms with E-state index in [0.717, 1.165) is 17.1 Å². The minimum Gasteiger partial charge on any atom is -0.322 e. The number of thioether (sulfide) groups is 1. The fraction of sp³-hybridized carbons (Fsp3) is 0.714. The predicted octanol–water partition coefficient (Wildman–Crippen LogP) is 2.18. The molecule has 2 N–H and O–H groups in total. The number of nitrogens with one attached hydrogen (secondary N) is 2. The molecule has 1 aromatic rings. The number of aromatic amines is 1. The quantitative estimate of drug-likeness (QED) is 0.874. The second kappa shape index (κ2) is 6.63. The van der Waals surface area contributed by atoms with Gasteiger partial charge in [-0.3, -0.25) is 14.8 Å². The molecule has 1 aromatic heterocycles. The average molecular weight is 296 g/mol. The fourth-order valence-corrected chi connectivity index (χ4v) is 4.00. The van der Waals surface area contributed by atoms with Gasteiger partial charge in [0.25, 0.3) is 0 Å². The molecule has 0 spiro atoms. The Bertz CT molecular complexity index is 454. The lowest BCUT2D eigenvalue weighted by atomic mass is 10.2. The highest BCUT2D eigenvalue weighted by Gasteiger charge is 2.30. The zero-order valence-electron chi connectivity index (χ0n) is 12.7. The van der Waals surface area contributed by atoms with Crippen LogP contribution in [0.25, 0.3) is 0 Å². The molecule has 0 aromatic carbocycles. The molecule has 0 bridgehead atoms. The Labute approximate surface area is 124 Å². The van der Waals surface area contributed by atoms with Gasteiger partial charge >= 0.3 is 0 Å². The zero-order chi connectivity index (χ0) is 14.7. The van der Waals surface area contributed by atoms with Gasteiger partial charge in [-0.1, -0.05) is 6.42 Å². The fourth-order valence-electron chi connectivity index (χ4n) is 2.94. The Morgan fingerprint density at radius 3 is 2.85 bits per heavy atom. The Morgan fingerprint density at radius 1 is 1.50 bits per heavy atom. The van der Waals surface area contributed by atoms with Crippen LogP contribution in [0, 0.1) is 13.8 Å². The van der Waals surface area contributed by atoms with Crippen molar-refractivity contribution < 1.29 is 4.79 Å². The number of aryl methyl sites for hydroxylation is 2. The maximum absolute atomic E-state index is 12.2. The van der Waals surface area contributed by atoms with Gasteiger partial charge in [0.1, 0.15) is 0 Å². The van der Waals surface area contributed by atoms with Crippen LogP contribution < -0.4 is 5.32 Å². The lowest BCUT2D eigenvalue weighted by Crippen LogP contribution is -2.41. The number of carbonyl (C=O) groups is 1. The van der Waals surface area contributed by atoms with Crippen LogP contribution in [0.4, 0.5) is 5.69 Å². The lowest BCUT2D eigenvalue weighted by Gasteiger charge is -2.28.